The molecular formula is C13H14N6S. The molecule has 0 atom stereocenters. The first-order valence-corrected chi connectivity index (χ1v) is 6.66. The van der Waals surface area contributed by atoms with Crippen LogP contribution in [0, 0.1) is 0 Å². The van der Waals surface area contributed by atoms with Crippen molar-refractivity contribution in [3.8, 4) is 5.82 Å². The van der Waals surface area contributed by atoms with E-state index in [-0.39, 0.29) is 4.99 Å². The first-order chi connectivity index (χ1) is 9.58. The van der Waals surface area contributed by atoms with Crippen molar-refractivity contribution < 1.29 is 0 Å². The van der Waals surface area contributed by atoms with Crippen LogP contribution in [0.25, 0.3) is 11.3 Å². The van der Waals surface area contributed by atoms with Crippen LogP contribution in [-0.2, 0) is 0 Å². The van der Waals surface area contributed by atoms with E-state index in [4.69, 9.17) is 18.0 Å². The maximum absolute atomic E-state index is 5.69. The summed E-state index contributed by atoms with van der Waals surface area (Å²) in [6.45, 7) is 4.21. The van der Waals surface area contributed by atoms with Crippen LogP contribution in [0.15, 0.2) is 30.9 Å². The summed E-state index contributed by atoms with van der Waals surface area (Å²) in [6, 6.07) is 2.02. The van der Waals surface area contributed by atoms with E-state index in [0.29, 0.717) is 17.6 Å². The summed E-state index contributed by atoms with van der Waals surface area (Å²) in [6.07, 6.45) is 6.96. The van der Waals surface area contributed by atoms with Crippen molar-refractivity contribution >= 4 is 22.7 Å². The van der Waals surface area contributed by atoms with Gasteiger partial charge in [0.15, 0.2) is 11.6 Å². The molecule has 3 rings (SSSR count). The number of rotatable bonds is 3. The first kappa shape index (κ1) is 12.7. The van der Waals surface area contributed by atoms with Gasteiger partial charge in [-0.1, -0.05) is 26.1 Å². The van der Waals surface area contributed by atoms with E-state index in [9.17, 15) is 0 Å². The molecule has 0 amide bonds. The van der Waals surface area contributed by atoms with Gasteiger partial charge in [-0.05, 0) is 12.0 Å². The summed E-state index contributed by atoms with van der Waals surface area (Å²) in [5.74, 6) is 1.58. The molecule has 0 fully saturated rings. The van der Waals surface area contributed by atoms with Crippen molar-refractivity contribution in [3.05, 3.63) is 42.4 Å². The summed E-state index contributed by atoms with van der Waals surface area (Å²) in [5.41, 5.74) is 7.60. The molecule has 0 aromatic carbocycles. The number of thiocarbonyl (C=S) groups is 1. The lowest BCUT2D eigenvalue weighted by Gasteiger charge is -2.06. The Labute approximate surface area is 121 Å². The van der Waals surface area contributed by atoms with Crippen LogP contribution in [0.4, 0.5) is 0 Å². The predicted octanol–water partition coefficient (Wildman–Crippen LogP) is 1.67. The van der Waals surface area contributed by atoms with Gasteiger partial charge < -0.3 is 5.73 Å². The zero-order chi connectivity index (χ0) is 14.3. The van der Waals surface area contributed by atoms with E-state index < -0.39 is 0 Å². The number of imidazole rings is 1. The Kier molecular flexibility index (Phi) is 2.98. The van der Waals surface area contributed by atoms with Gasteiger partial charge in [0.1, 0.15) is 10.5 Å². The minimum absolute atomic E-state index is 0.238. The average molecular weight is 286 g/mol. The molecule has 0 saturated carbocycles. The summed E-state index contributed by atoms with van der Waals surface area (Å²) >= 11 is 5.02. The van der Waals surface area contributed by atoms with Crippen LogP contribution in [0.3, 0.4) is 0 Å². The molecule has 0 aliphatic carbocycles. The van der Waals surface area contributed by atoms with Gasteiger partial charge in [0.25, 0.3) is 0 Å². The standard InChI is InChI=1S/C13H14N6S/c1-8(2)9-7-10-12(15-4-6-19(10)17-9)18-5-3-16-13(18)11(14)20/h3-8H,1-2H3,(H2,14,20). The predicted molar refractivity (Wildman–Crippen MR) is 80.1 cm³/mol. The van der Waals surface area contributed by atoms with Gasteiger partial charge >= 0.3 is 0 Å². The van der Waals surface area contributed by atoms with Gasteiger partial charge in [0, 0.05) is 24.8 Å². The molecule has 0 aliphatic heterocycles. The minimum atomic E-state index is 0.238. The summed E-state index contributed by atoms with van der Waals surface area (Å²) in [4.78, 5) is 8.82. The third-order valence-corrected chi connectivity index (χ3v) is 3.25. The quantitative estimate of drug-likeness (QED) is 0.741. The van der Waals surface area contributed by atoms with E-state index in [0.717, 1.165) is 11.2 Å². The monoisotopic (exact) mass is 286 g/mol. The summed E-state index contributed by atoms with van der Waals surface area (Å²) < 4.78 is 3.59. The van der Waals surface area contributed by atoms with E-state index in [1.807, 2.05) is 12.3 Å². The first-order valence-electron chi connectivity index (χ1n) is 6.25. The van der Waals surface area contributed by atoms with E-state index in [2.05, 4.69) is 28.9 Å². The van der Waals surface area contributed by atoms with Crippen molar-refractivity contribution in [3.63, 3.8) is 0 Å². The van der Waals surface area contributed by atoms with Crippen molar-refractivity contribution in [2.24, 2.45) is 5.73 Å². The lowest BCUT2D eigenvalue weighted by Crippen LogP contribution is -2.16. The lowest BCUT2D eigenvalue weighted by atomic mass is 10.1. The molecule has 0 spiro atoms. The second-order valence-electron chi connectivity index (χ2n) is 4.79. The Morgan fingerprint density at radius 2 is 2.00 bits per heavy atom. The normalized spacial score (nSPS) is 11.3. The van der Waals surface area contributed by atoms with E-state index >= 15 is 0 Å². The lowest BCUT2D eigenvalue weighted by molar-refractivity contribution is 0.785. The zero-order valence-electron chi connectivity index (χ0n) is 11.2. The minimum Gasteiger partial charge on any atom is -0.387 e. The Hall–Kier alpha value is -2.28. The Morgan fingerprint density at radius 1 is 1.25 bits per heavy atom. The largest absolute Gasteiger partial charge is 0.387 e. The van der Waals surface area contributed by atoms with Crippen LogP contribution >= 0.6 is 12.2 Å². The molecule has 0 saturated heterocycles. The topological polar surface area (TPSA) is 74.0 Å². The highest BCUT2D eigenvalue weighted by molar-refractivity contribution is 7.80. The molecule has 102 valence electrons. The van der Waals surface area contributed by atoms with Crippen molar-refractivity contribution in [2.45, 2.75) is 19.8 Å². The molecule has 2 N–H and O–H groups in total. The number of aromatic nitrogens is 5. The Balaban J connectivity index is 2.25. The maximum Gasteiger partial charge on any atom is 0.173 e. The molecule has 0 bridgehead atoms. The Bertz CT molecular complexity index is 785. The number of hydrogen-bond donors (Lipinski definition) is 1. The van der Waals surface area contributed by atoms with Crippen LogP contribution < -0.4 is 5.73 Å². The van der Waals surface area contributed by atoms with Gasteiger partial charge in [-0.15, -0.1) is 0 Å². The highest BCUT2D eigenvalue weighted by atomic mass is 32.1. The average Bonchev–Trinajstić information content (AvgIpc) is 3.04. The second kappa shape index (κ2) is 4.68. The van der Waals surface area contributed by atoms with Crippen molar-refractivity contribution in [2.75, 3.05) is 0 Å². The van der Waals surface area contributed by atoms with Gasteiger partial charge in [0.05, 0.1) is 5.69 Å². The fraction of sp³-hybridized carbons (Fsp3) is 0.231. The molecule has 20 heavy (non-hydrogen) atoms. The molecule has 6 nitrogen and oxygen atoms in total. The van der Waals surface area contributed by atoms with E-state index in [1.54, 1.807) is 27.7 Å². The van der Waals surface area contributed by atoms with Crippen molar-refractivity contribution in [1.82, 2.24) is 24.1 Å². The fourth-order valence-electron chi connectivity index (χ4n) is 2.05. The molecule has 3 aromatic rings. The molecule has 3 heterocycles. The van der Waals surface area contributed by atoms with E-state index in [1.165, 1.54) is 0 Å². The van der Waals surface area contributed by atoms with Gasteiger partial charge in [0.2, 0.25) is 0 Å². The molecule has 0 unspecified atom stereocenters. The Morgan fingerprint density at radius 3 is 2.70 bits per heavy atom. The number of nitrogens with two attached hydrogens (primary N) is 1. The van der Waals surface area contributed by atoms with Crippen LogP contribution in [0.5, 0.6) is 0 Å². The van der Waals surface area contributed by atoms with Gasteiger partial charge in [-0.2, -0.15) is 5.10 Å². The van der Waals surface area contributed by atoms with Crippen LogP contribution in [-0.4, -0.2) is 29.1 Å². The zero-order valence-corrected chi connectivity index (χ0v) is 12.0. The molecule has 0 aliphatic rings. The second-order valence-corrected chi connectivity index (χ2v) is 5.23. The van der Waals surface area contributed by atoms with Crippen LogP contribution in [0.1, 0.15) is 31.3 Å². The molecular weight excluding hydrogens is 272 g/mol. The third-order valence-electron chi connectivity index (χ3n) is 3.07. The molecule has 3 aromatic heterocycles. The highest BCUT2D eigenvalue weighted by Crippen LogP contribution is 2.20. The van der Waals surface area contributed by atoms with Crippen LogP contribution in [0.2, 0.25) is 0 Å². The maximum atomic E-state index is 5.69. The number of nitrogens with zero attached hydrogens (tertiary/aromatic N) is 5. The molecule has 0 radical (unpaired) electrons. The molecule has 7 heteroatoms. The highest BCUT2D eigenvalue weighted by Gasteiger charge is 2.14. The summed E-state index contributed by atoms with van der Waals surface area (Å²) in [7, 11) is 0. The third kappa shape index (κ3) is 1.96. The van der Waals surface area contributed by atoms with Gasteiger partial charge in [-0.3, -0.25) is 4.57 Å². The number of hydrogen-bond acceptors (Lipinski definition) is 4. The SMILES string of the molecule is CC(C)c1cc2c(-n3ccnc3C(N)=S)nccn2n1. The van der Waals surface area contributed by atoms with Gasteiger partial charge in [-0.25, -0.2) is 14.5 Å². The van der Waals surface area contributed by atoms with Crippen molar-refractivity contribution in [1.29, 1.82) is 0 Å². The fourth-order valence-corrected chi connectivity index (χ4v) is 2.20. The smallest absolute Gasteiger partial charge is 0.173 e. The number of fused-ring (bicyclic) bond motifs is 1. The summed E-state index contributed by atoms with van der Waals surface area (Å²) in [5, 5.41) is 4.54.